The summed E-state index contributed by atoms with van der Waals surface area (Å²) in [4.78, 5) is 22.0. The second-order valence-corrected chi connectivity index (χ2v) is 10.6. The zero-order valence-electron chi connectivity index (χ0n) is 18.3. The summed E-state index contributed by atoms with van der Waals surface area (Å²) >= 11 is 0. The molecule has 1 aliphatic carbocycles. The molecule has 3 aliphatic rings. The molecule has 3 heterocycles. The Kier molecular flexibility index (Phi) is 7.47. The molecule has 32 heavy (non-hydrogen) atoms. The molecule has 0 N–H and O–H groups in total. The van der Waals surface area contributed by atoms with E-state index in [1.165, 1.54) is 12.4 Å². The summed E-state index contributed by atoms with van der Waals surface area (Å²) in [6.07, 6.45) is 9.56. The number of rotatable bonds is 6. The third-order valence-corrected chi connectivity index (χ3v) is 7.10. The first-order valence-electron chi connectivity index (χ1n) is 11.2. The number of hydrogen-bond acceptors (Lipinski definition) is 9. The van der Waals surface area contributed by atoms with Crippen molar-refractivity contribution < 1.29 is 32.2 Å². The number of nitrogens with zero attached hydrogens (tertiary/aromatic N) is 3. The van der Waals surface area contributed by atoms with Crippen LogP contribution in [0.1, 0.15) is 44.9 Å². The Bertz CT molecular complexity index is 858. The van der Waals surface area contributed by atoms with Gasteiger partial charge in [-0.25, -0.2) is 23.2 Å². The average Bonchev–Trinajstić information content (AvgIpc) is 3.28. The Morgan fingerprint density at radius 3 is 2.25 bits per heavy atom. The van der Waals surface area contributed by atoms with Crippen molar-refractivity contribution in [2.75, 3.05) is 32.6 Å². The standard InChI is InChI=1S/C21H31N3O7S/c1-32(26,27)20-13-22-19(12-23-20)30-16-4-2-15(3-5-16)29-17-6-9-24(10-7-17)21(25)31-18-8-11-28-14-18/h12-13,15-18H,2-11,14H2,1H3. The molecule has 1 amide bonds. The van der Waals surface area contributed by atoms with Crippen molar-refractivity contribution in [3.63, 3.8) is 0 Å². The monoisotopic (exact) mass is 469 g/mol. The number of piperidine rings is 1. The van der Waals surface area contributed by atoms with Gasteiger partial charge in [0, 0.05) is 25.8 Å². The van der Waals surface area contributed by atoms with Crippen LogP contribution in [-0.4, -0.2) is 86.4 Å². The smallest absolute Gasteiger partial charge is 0.410 e. The summed E-state index contributed by atoms with van der Waals surface area (Å²) in [6.45, 7) is 2.45. The molecule has 4 rings (SSSR count). The van der Waals surface area contributed by atoms with E-state index in [1.54, 1.807) is 4.90 Å². The highest BCUT2D eigenvalue weighted by atomic mass is 32.2. The van der Waals surface area contributed by atoms with Gasteiger partial charge in [-0.1, -0.05) is 0 Å². The molecule has 178 valence electrons. The minimum Gasteiger partial charge on any atom is -0.473 e. The molecule has 11 heteroatoms. The molecular formula is C21H31N3O7S. The first-order valence-corrected chi connectivity index (χ1v) is 13.1. The molecule has 0 radical (unpaired) electrons. The number of sulfone groups is 1. The van der Waals surface area contributed by atoms with Crippen LogP contribution in [0.25, 0.3) is 0 Å². The lowest BCUT2D eigenvalue weighted by molar-refractivity contribution is -0.0663. The van der Waals surface area contributed by atoms with E-state index in [1.807, 2.05) is 0 Å². The van der Waals surface area contributed by atoms with E-state index < -0.39 is 9.84 Å². The molecule has 1 aromatic heterocycles. The third-order valence-electron chi connectivity index (χ3n) is 6.13. The lowest BCUT2D eigenvalue weighted by Crippen LogP contribution is -2.43. The van der Waals surface area contributed by atoms with Gasteiger partial charge < -0.3 is 23.8 Å². The van der Waals surface area contributed by atoms with Crippen LogP contribution in [0.3, 0.4) is 0 Å². The van der Waals surface area contributed by atoms with Crippen molar-refractivity contribution in [1.82, 2.24) is 14.9 Å². The summed E-state index contributed by atoms with van der Waals surface area (Å²) in [7, 11) is -3.37. The number of carbonyl (C=O) groups excluding carboxylic acids is 1. The van der Waals surface area contributed by atoms with E-state index in [2.05, 4.69) is 9.97 Å². The van der Waals surface area contributed by atoms with Crippen LogP contribution in [0, 0.1) is 0 Å². The van der Waals surface area contributed by atoms with E-state index in [9.17, 15) is 13.2 Å². The highest BCUT2D eigenvalue weighted by molar-refractivity contribution is 7.90. The molecule has 3 fully saturated rings. The predicted molar refractivity (Wildman–Crippen MR) is 113 cm³/mol. The minimum atomic E-state index is -3.37. The third kappa shape index (κ3) is 6.29. The maximum Gasteiger partial charge on any atom is 0.410 e. The van der Waals surface area contributed by atoms with Crippen molar-refractivity contribution in [2.45, 2.75) is 74.4 Å². The van der Waals surface area contributed by atoms with Crippen molar-refractivity contribution in [3.8, 4) is 5.88 Å². The van der Waals surface area contributed by atoms with Crippen LogP contribution in [0.4, 0.5) is 4.79 Å². The van der Waals surface area contributed by atoms with E-state index in [0.717, 1.165) is 51.2 Å². The number of aromatic nitrogens is 2. The molecule has 1 saturated carbocycles. The maximum atomic E-state index is 12.3. The molecule has 0 bridgehead atoms. The Labute approximate surface area is 188 Å². The molecule has 2 aliphatic heterocycles. The normalized spacial score (nSPS) is 27.3. The number of carbonyl (C=O) groups is 1. The van der Waals surface area contributed by atoms with Crippen LogP contribution in [0.5, 0.6) is 5.88 Å². The fourth-order valence-electron chi connectivity index (χ4n) is 4.28. The minimum absolute atomic E-state index is 0.0180. The largest absolute Gasteiger partial charge is 0.473 e. The molecule has 2 saturated heterocycles. The van der Waals surface area contributed by atoms with Crippen molar-refractivity contribution in [3.05, 3.63) is 12.4 Å². The molecule has 1 atom stereocenters. The van der Waals surface area contributed by atoms with Crippen LogP contribution in [0.2, 0.25) is 0 Å². The number of hydrogen-bond donors (Lipinski definition) is 0. The van der Waals surface area contributed by atoms with Gasteiger partial charge in [0.2, 0.25) is 5.88 Å². The van der Waals surface area contributed by atoms with Gasteiger partial charge >= 0.3 is 6.09 Å². The summed E-state index contributed by atoms with van der Waals surface area (Å²) < 4.78 is 45.8. The zero-order chi connectivity index (χ0) is 22.6. The summed E-state index contributed by atoms with van der Waals surface area (Å²) in [5.41, 5.74) is 0. The fourth-order valence-corrected chi connectivity index (χ4v) is 4.77. The number of ether oxygens (including phenoxy) is 4. The Hall–Kier alpha value is -1.98. The van der Waals surface area contributed by atoms with Crippen molar-refractivity contribution in [1.29, 1.82) is 0 Å². The van der Waals surface area contributed by atoms with Gasteiger partial charge in [0.15, 0.2) is 14.9 Å². The molecule has 10 nitrogen and oxygen atoms in total. The van der Waals surface area contributed by atoms with Crippen LogP contribution >= 0.6 is 0 Å². The second-order valence-electron chi connectivity index (χ2n) is 8.67. The van der Waals surface area contributed by atoms with Gasteiger partial charge in [-0.05, 0) is 38.5 Å². The van der Waals surface area contributed by atoms with Crippen LogP contribution in [0.15, 0.2) is 17.4 Å². The highest BCUT2D eigenvalue weighted by Crippen LogP contribution is 2.27. The quantitative estimate of drug-likeness (QED) is 0.616. The average molecular weight is 470 g/mol. The molecule has 0 aromatic carbocycles. The van der Waals surface area contributed by atoms with Crippen molar-refractivity contribution in [2.24, 2.45) is 0 Å². The summed E-state index contributed by atoms with van der Waals surface area (Å²) in [5, 5.41) is -0.0613. The molecule has 1 unspecified atom stereocenters. The van der Waals surface area contributed by atoms with Crippen LogP contribution in [-0.2, 0) is 24.0 Å². The number of likely N-dealkylation sites (tertiary alicyclic amines) is 1. The van der Waals surface area contributed by atoms with Crippen molar-refractivity contribution >= 4 is 15.9 Å². The first kappa shape index (κ1) is 23.2. The highest BCUT2D eigenvalue weighted by Gasteiger charge is 2.30. The summed E-state index contributed by atoms with van der Waals surface area (Å²) in [5.74, 6) is 0.338. The first-order chi connectivity index (χ1) is 15.4. The second kappa shape index (κ2) is 10.3. The van der Waals surface area contributed by atoms with E-state index in [0.29, 0.717) is 32.2 Å². The molecule has 0 spiro atoms. The lowest BCUT2D eigenvalue weighted by Gasteiger charge is -2.35. The topological polar surface area (TPSA) is 117 Å². The van der Waals surface area contributed by atoms with Gasteiger partial charge in [0.25, 0.3) is 0 Å². The van der Waals surface area contributed by atoms with Gasteiger partial charge in [-0.3, -0.25) is 0 Å². The molecule has 1 aromatic rings. The van der Waals surface area contributed by atoms with E-state index in [-0.39, 0.29) is 35.5 Å². The van der Waals surface area contributed by atoms with Gasteiger partial charge in [-0.2, -0.15) is 0 Å². The Morgan fingerprint density at radius 1 is 0.969 bits per heavy atom. The molecular weight excluding hydrogens is 438 g/mol. The Morgan fingerprint density at radius 2 is 1.66 bits per heavy atom. The van der Waals surface area contributed by atoms with Gasteiger partial charge in [-0.15, -0.1) is 0 Å². The van der Waals surface area contributed by atoms with E-state index >= 15 is 0 Å². The van der Waals surface area contributed by atoms with Gasteiger partial charge in [0.1, 0.15) is 12.2 Å². The maximum absolute atomic E-state index is 12.3. The number of amides is 1. The SMILES string of the molecule is CS(=O)(=O)c1cnc(OC2CCC(OC3CCN(C(=O)OC4CCOC4)CC3)CC2)cn1. The van der Waals surface area contributed by atoms with E-state index in [4.69, 9.17) is 18.9 Å². The van der Waals surface area contributed by atoms with Gasteiger partial charge in [0.05, 0.1) is 37.8 Å². The lowest BCUT2D eigenvalue weighted by atomic mass is 9.94. The van der Waals surface area contributed by atoms with Crippen LogP contribution < -0.4 is 4.74 Å². The zero-order valence-corrected chi connectivity index (χ0v) is 19.2. The fraction of sp³-hybridized carbons (Fsp3) is 0.762. The summed E-state index contributed by atoms with van der Waals surface area (Å²) in [6, 6.07) is 0. The Balaban J connectivity index is 1.14. The predicted octanol–water partition coefficient (Wildman–Crippen LogP) is 1.98.